The number of fused-ring (bicyclic) bond motifs is 1. The number of phenols is 1. The predicted molar refractivity (Wildman–Crippen MR) is 81.1 cm³/mol. The SMILES string of the molecule is Nc1cc(/C=C/c2nc3ccccc3s2)ccc1O. The molecule has 0 aliphatic carbocycles. The zero-order chi connectivity index (χ0) is 13.2. The first kappa shape index (κ1) is 11.7. The summed E-state index contributed by atoms with van der Waals surface area (Å²) >= 11 is 1.65. The Morgan fingerprint density at radius 3 is 2.74 bits per heavy atom. The molecular weight excluding hydrogens is 256 g/mol. The molecule has 0 saturated heterocycles. The van der Waals surface area contributed by atoms with Crippen LogP contribution in [0.3, 0.4) is 0 Å². The molecule has 4 heteroatoms. The van der Waals surface area contributed by atoms with Crippen molar-refractivity contribution in [1.29, 1.82) is 0 Å². The molecule has 0 fully saturated rings. The zero-order valence-corrected chi connectivity index (χ0v) is 10.9. The number of para-hydroxylation sites is 1. The molecule has 1 heterocycles. The molecule has 1 aromatic heterocycles. The van der Waals surface area contributed by atoms with Crippen molar-refractivity contribution in [1.82, 2.24) is 4.98 Å². The Morgan fingerprint density at radius 1 is 1.11 bits per heavy atom. The fourth-order valence-corrected chi connectivity index (χ4v) is 2.68. The van der Waals surface area contributed by atoms with E-state index < -0.39 is 0 Å². The highest BCUT2D eigenvalue weighted by molar-refractivity contribution is 7.19. The third-order valence-corrected chi connectivity index (χ3v) is 3.78. The smallest absolute Gasteiger partial charge is 0.138 e. The topological polar surface area (TPSA) is 59.1 Å². The number of aromatic hydroxyl groups is 1. The van der Waals surface area contributed by atoms with Gasteiger partial charge in [-0.1, -0.05) is 24.3 Å². The highest BCUT2D eigenvalue weighted by Crippen LogP contribution is 2.24. The lowest BCUT2D eigenvalue weighted by molar-refractivity contribution is 0.478. The van der Waals surface area contributed by atoms with Crippen molar-refractivity contribution < 1.29 is 5.11 Å². The van der Waals surface area contributed by atoms with E-state index in [9.17, 15) is 5.11 Å². The largest absolute Gasteiger partial charge is 0.506 e. The second-order valence-corrected chi connectivity index (χ2v) is 5.23. The van der Waals surface area contributed by atoms with E-state index in [1.807, 2.05) is 36.4 Å². The zero-order valence-electron chi connectivity index (χ0n) is 10.1. The molecule has 3 N–H and O–H groups in total. The van der Waals surface area contributed by atoms with Gasteiger partial charge in [0.05, 0.1) is 15.9 Å². The molecular formula is C15H12N2OS. The summed E-state index contributed by atoms with van der Waals surface area (Å²) in [5, 5.41) is 10.3. The highest BCUT2D eigenvalue weighted by Gasteiger charge is 2.00. The minimum atomic E-state index is 0.108. The lowest BCUT2D eigenvalue weighted by Crippen LogP contribution is -1.85. The predicted octanol–water partition coefficient (Wildman–Crippen LogP) is 3.75. The monoisotopic (exact) mass is 268 g/mol. The fraction of sp³-hybridized carbons (Fsp3) is 0. The highest BCUT2D eigenvalue weighted by atomic mass is 32.1. The van der Waals surface area contributed by atoms with E-state index in [-0.39, 0.29) is 5.75 Å². The van der Waals surface area contributed by atoms with Gasteiger partial charge in [-0.2, -0.15) is 0 Å². The molecule has 0 bridgehead atoms. The quantitative estimate of drug-likeness (QED) is 0.549. The number of aromatic nitrogens is 1. The number of anilines is 1. The van der Waals surface area contributed by atoms with Crippen molar-refractivity contribution in [2.24, 2.45) is 0 Å². The van der Waals surface area contributed by atoms with Crippen LogP contribution >= 0.6 is 11.3 Å². The molecule has 0 aliphatic rings. The molecule has 0 spiro atoms. The molecule has 0 atom stereocenters. The number of nitrogens with zero attached hydrogens (tertiary/aromatic N) is 1. The van der Waals surface area contributed by atoms with Gasteiger partial charge in [0, 0.05) is 0 Å². The van der Waals surface area contributed by atoms with Gasteiger partial charge >= 0.3 is 0 Å². The van der Waals surface area contributed by atoms with Crippen LogP contribution in [0.4, 0.5) is 5.69 Å². The van der Waals surface area contributed by atoms with Gasteiger partial charge in [-0.05, 0) is 35.9 Å². The summed E-state index contributed by atoms with van der Waals surface area (Å²) in [5.41, 5.74) is 7.99. The normalized spacial score (nSPS) is 11.4. The van der Waals surface area contributed by atoms with Gasteiger partial charge in [-0.25, -0.2) is 4.98 Å². The van der Waals surface area contributed by atoms with Crippen LogP contribution in [0.5, 0.6) is 5.75 Å². The molecule has 0 aliphatic heterocycles. The molecule has 0 radical (unpaired) electrons. The standard InChI is InChI=1S/C15H12N2OS/c16-11-9-10(5-7-13(11)18)6-8-15-17-12-3-1-2-4-14(12)19-15/h1-9,18H,16H2/b8-6+. The van der Waals surface area contributed by atoms with Gasteiger partial charge in [-0.15, -0.1) is 11.3 Å². The third kappa shape index (κ3) is 2.44. The summed E-state index contributed by atoms with van der Waals surface area (Å²) in [4.78, 5) is 4.52. The van der Waals surface area contributed by atoms with Gasteiger partial charge in [0.1, 0.15) is 10.8 Å². The maximum absolute atomic E-state index is 9.36. The Labute approximate surface area is 114 Å². The minimum Gasteiger partial charge on any atom is -0.506 e. The Hall–Kier alpha value is -2.33. The lowest BCUT2D eigenvalue weighted by Gasteiger charge is -1.98. The summed E-state index contributed by atoms with van der Waals surface area (Å²) in [6, 6.07) is 13.2. The van der Waals surface area contributed by atoms with E-state index in [0.29, 0.717) is 5.69 Å². The van der Waals surface area contributed by atoms with E-state index in [1.165, 1.54) is 4.70 Å². The van der Waals surface area contributed by atoms with E-state index in [2.05, 4.69) is 11.1 Å². The minimum absolute atomic E-state index is 0.108. The second-order valence-electron chi connectivity index (χ2n) is 4.17. The third-order valence-electron chi connectivity index (χ3n) is 2.78. The molecule has 3 rings (SSSR count). The molecule has 94 valence electrons. The summed E-state index contributed by atoms with van der Waals surface area (Å²) < 4.78 is 1.17. The van der Waals surface area contributed by atoms with Gasteiger partial charge in [0.15, 0.2) is 0 Å². The van der Waals surface area contributed by atoms with Crippen LogP contribution in [0.25, 0.3) is 22.4 Å². The summed E-state index contributed by atoms with van der Waals surface area (Å²) in [5.74, 6) is 0.108. The van der Waals surface area contributed by atoms with Crippen LogP contribution in [-0.2, 0) is 0 Å². The van der Waals surface area contributed by atoms with Crippen molar-refractivity contribution in [3.8, 4) is 5.75 Å². The Kier molecular flexibility index (Phi) is 2.93. The number of hydrogen-bond acceptors (Lipinski definition) is 4. The average molecular weight is 268 g/mol. The molecule has 0 amide bonds. The summed E-state index contributed by atoms with van der Waals surface area (Å²) in [7, 11) is 0. The molecule has 3 nitrogen and oxygen atoms in total. The number of nitrogens with two attached hydrogens (primary N) is 1. The summed E-state index contributed by atoms with van der Waals surface area (Å²) in [6.45, 7) is 0. The average Bonchev–Trinajstić information content (AvgIpc) is 2.83. The van der Waals surface area contributed by atoms with Crippen molar-refractivity contribution >= 4 is 39.4 Å². The Morgan fingerprint density at radius 2 is 1.95 bits per heavy atom. The molecule has 0 saturated carbocycles. The number of thiazole rings is 1. The van der Waals surface area contributed by atoms with E-state index in [4.69, 9.17) is 5.73 Å². The van der Waals surface area contributed by atoms with Gasteiger partial charge in [0.25, 0.3) is 0 Å². The number of rotatable bonds is 2. The van der Waals surface area contributed by atoms with E-state index in [1.54, 1.807) is 23.5 Å². The number of phenolic OH excluding ortho intramolecular Hbond substituents is 1. The summed E-state index contributed by atoms with van der Waals surface area (Å²) in [6.07, 6.45) is 3.89. The van der Waals surface area contributed by atoms with Crippen molar-refractivity contribution in [2.45, 2.75) is 0 Å². The van der Waals surface area contributed by atoms with Crippen molar-refractivity contribution in [3.63, 3.8) is 0 Å². The lowest BCUT2D eigenvalue weighted by atomic mass is 10.2. The number of nitrogen functional groups attached to an aromatic ring is 1. The molecule has 2 aromatic carbocycles. The van der Waals surface area contributed by atoms with Crippen LogP contribution in [0, 0.1) is 0 Å². The molecule has 3 aromatic rings. The van der Waals surface area contributed by atoms with Gasteiger partial charge in [0.2, 0.25) is 0 Å². The van der Waals surface area contributed by atoms with Crippen molar-refractivity contribution in [3.05, 3.63) is 53.0 Å². The van der Waals surface area contributed by atoms with Crippen LogP contribution in [-0.4, -0.2) is 10.1 Å². The first-order valence-electron chi connectivity index (χ1n) is 5.84. The van der Waals surface area contributed by atoms with Gasteiger partial charge < -0.3 is 10.8 Å². The Balaban J connectivity index is 1.91. The Bertz CT molecular complexity index is 729. The van der Waals surface area contributed by atoms with Crippen LogP contribution < -0.4 is 5.73 Å². The van der Waals surface area contributed by atoms with E-state index in [0.717, 1.165) is 16.1 Å². The fourth-order valence-electron chi connectivity index (χ4n) is 1.81. The van der Waals surface area contributed by atoms with Crippen molar-refractivity contribution in [2.75, 3.05) is 5.73 Å². The maximum atomic E-state index is 9.36. The first-order chi connectivity index (χ1) is 9.22. The molecule has 0 unspecified atom stereocenters. The van der Waals surface area contributed by atoms with E-state index >= 15 is 0 Å². The number of hydrogen-bond donors (Lipinski definition) is 2. The molecule has 19 heavy (non-hydrogen) atoms. The maximum Gasteiger partial charge on any atom is 0.138 e. The van der Waals surface area contributed by atoms with Crippen LogP contribution in [0.15, 0.2) is 42.5 Å². The van der Waals surface area contributed by atoms with Crippen LogP contribution in [0.2, 0.25) is 0 Å². The van der Waals surface area contributed by atoms with Gasteiger partial charge in [-0.3, -0.25) is 0 Å². The number of benzene rings is 2. The second kappa shape index (κ2) is 4.74. The van der Waals surface area contributed by atoms with Crippen LogP contribution in [0.1, 0.15) is 10.6 Å². The first-order valence-corrected chi connectivity index (χ1v) is 6.66.